The molecule has 3 rings (SSSR count). The van der Waals surface area contributed by atoms with Crippen LogP contribution < -0.4 is 15.2 Å². The summed E-state index contributed by atoms with van der Waals surface area (Å²) in [5, 5.41) is 14.5. The number of anilines is 1. The highest BCUT2D eigenvalue weighted by Gasteiger charge is 2.23. The second kappa shape index (κ2) is 4.34. The zero-order chi connectivity index (χ0) is 13.6. The van der Waals surface area contributed by atoms with Crippen LogP contribution in [-0.4, -0.2) is 28.1 Å². The lowest BCUT2D eigenvalue weighted by Gasteiger charge is -2.21. The molecule has 0 radical (unpaired) electrons. The Kier molecular flexibility index (Phi) is 2.78. The smallest absolute Gasteiger partial charge is 0.179 e. The molecule has 2 aromatic rings. The van der Waals surface area contributed by atoms with E-state index < -0.39 is 0 Å². The molecule has 1 aromatic carbocycles. The van der Waals surface area contributed by atoms with Crippen molar-refractivity contribution in [3.63, 3.8) is 0 Å². The van der Waals surface area contributed by atoms with Gasteiger partial charge in [-0.15, -0.1) is 0 Å². The minimum atomic E-state index is 0.0577. The van der Waals surface area contributed by atoms with Crippen molar-refractivity contribution >= 4 is 21.7 Å². The number of nitrogens with zero attached hydrogens (tertiary/aromatic N) is 2. The first-order valence-electron chi connectivity index (χ1n) is 5.69. The van der Waals surface area contributed by atoms with Crippen LogP contribution in [0.5, 0.6) is 17.2 Å². The van der Waals surface area contributed by atoms with Crippen molar-refractivity contribution in [3.8, 4) is 28.5 Å². The molecule has 0 aliphatic carbocycles. The number of aryl methyl sites for hydroxylation is 1. The van der Waals surface area contributed by atoms with Gasteiger partial charge in [0, 0.05) is 18.7 Å². The first kappa shape index (κ1) is 12.2. The van der Waals surface area contributed by atoms with E-state index in [4.69, 9.17) is 15.2 Å². The molecule has 1 aromatic heterocycles. The van der Waals surface area contributed by atoms with E-state index in [1.54, 1.807) is 23.9 Å². The summed E-state index contributed by atoms with van der Waals surface area (Å²) in [7, 11) is 1.74. The van der Waals surface area contributed by atoms with Crippen molar-refractivity contribution in [2.75, 3.05) is 18.9 Å². The second-order valence-electron chi connectivity index (χ2n) is 4.19. The molecular weight excluding hydrogens is 314 g/mol. The molecule has 3 N–H and O–H groups in total. The average Bonchev–Trinajstić information content (AvgIpc) is 2.74. The number of nitrogens with two attached hydrogens (primary N) is 1. The number of phenolic OH excluding ortho intramolecular Hbond substituents is 1. The number of hydrogen-bond acceptors (Lipinski definition) is 5. The van der Waals surface area contributed by atoms with Gasteiger partial charge in [0.2, 0.25) is 0 Å². The minimum absolute atomic E-state index is 0.0577. The summed E-state index contributed by atoms with van der Waals surface area (Å²) in [5.41, 5.74) is 6.88. The van der Waals surface area contributed by atoms with E-state index in [9.17, 15) is 5.11 Å². The van der Waals surface area contributed by atoms with Crippen LogP contribution in [0, 0.1) is 0 Å². The number of nitrogen functional groups attached to an aromatic ring is 1. The predicted molar refractivity (Wildman–Crippen MR) is 73.4 cm³/mol. The van der Waals surface area contributed by atoms with Crippen LogP contribution in [0.1, 0.15) is 0 Å². The van der Waals surface area contributed by atoms with Gasteiger partial charge in [-0.25, -0.2) is 0 Å². The number of aromatic nitrogens is 2. The quantitative estimate of drug-likeness (QED) is 0.836. The molecule has 0 saturated heterocycles. The Bertz CT molecular complexity index is 635. The van der Waals surface area contributed by atoms with Crippen molar-refractivity contribution < 1.29 is 14.6 Å². The van der Waals surface area contributed by atoms with E-state index in [1.165, 1.54) is 0 Å². The maximum atomic E-state index is 10.2. The van der Waals surface area contributed by atoms with Crippen LogP contribution in [-0.2, 0) is 7.05 Å². The Morgan fingerprint density at radius 1 is 1.37 bits per heavy atom. The zero-order valence-corrected chi connectivity index (χ0v) is 11.8. The molecule has 2 heterocycles. The maximum Gasteiger partial charge on any atom is 0.179 e. The summed E-state index contributed by atoms with van der Waals surface area (Å²) >= 11 is 3.32. The third-order valence-corrected chi connectivity index (χ3v) is 3.68. The second-order valence-corrected chi connectivity index (χ2v) is 4.98. The van der Waals surface area contributed by atoms with E-state index in [0.717, 1.165) is 0 Å². The third kappa shape index (κ3) is 1.90. The number of benzene rings is 1. The maximum absolute atomic E-state index is 10.2. The third-order valence-electron chi connectivity index (χ3n) is 2.94. The van der Waals surface area contributed by atoms with E-state index in [2.05, 4.69) is 21.0 Å². The Morgan fingerprint density at radius 3 is 2.79 bits per heavy atom. The van der Waals surface area contributed by atoms with Gasteiger partial charge in [-0.05, 0) is 22.0 Å². The average molecular weight is 326 g/mol. The molecule has 0 saturated carbocycles. The van der Waals surface area contributed by atoms with Gasteiger partial charge < -0.3 is 20.3 Å². The van der Waals surface area contributed by atoms with Gasteiger partial charge in [0.1, 0.15) is 29.3 Å². The zero-order valence-electron chi connectivity index (χ0n) is 10.2. The van der Waals surface area contributed by atoms with E-state index in [0.29, 0.717) is 46.3 Å². The highest BCUT2D eigenvalue weighted by atomic mass is 79.9. The summed E-state index contributed by atoms with van der Waals surface area (Å²) in [6.07, 6.45) is 0. The lowest BCUT2D eigenvalue weighted by molar-refractivity contribution is 0.169. The van der Waals surface area contributed by atoms with Gasteiger partial charge in [0.05, 0.1) is 5.69 Å². The minimum Gasteiger partial charge on any atom is -0.506 e. The molecule has 0 bridgehead atoms. The van der Waals surface area contributed by atoms with E-state index in [1.807, 2.05) is 0 Å². The molecule has 0 amide bonds. The van der Waals surface area contributed by atoms with Crippen molar-refractivity contribution in [1.82, 2.24) is 9.78 Å². The highest BCUT2D eigenvalue weighted by Crippen LogP contribution is 2.48. The van der Waals surface area contributed by atoms with Crippen LogP contribution in [0.3, 0.4) is 0 Å². The number of ether oxygens (including phenoxy) is 2. The standard InChI is InChI=1S/C12H12BrN3O3/c1-16-9(14)5-7(15-16)6-4-8-12(10(13)11(6)17)19-3-2-18-8/h4-5,17H,2-3,14H2,1H3. The monoisotopic (exact) mass is 325 g/mol. The van der Waals surface area contributed by atoms with Gasteiger partial charge in [-0.1, -0.05) is 0 Å². The van der Waals surface area contributed by atoms with Crippen LogP contribution >= 0.6 is 15.9 Å². The molecule has 7 heteroatoms. The Morgan fingerprint density at radius 2 is 2.11 bits per heavy atom. The number of fused-ring (bicyclic) bond motifs is 1. The van der Waals surface area contributed by atoms with Gasteiger partial charge >= 0.3 is 0 Å². The molecule has 100 valence electrons. The number of aromatic hydroxyl groups is 1. The number of rotatable bonds is 1. The number of phenols is 1. The molecule has 6 nitrogen and oxygen atoms in total. The van der Waals surface area contributed by atoms with Crippen molar-refractivity contribution in [1.29, 1.82) is 0 Å². The summed E-state index contributed by atoms with van der Waals surface area (Å²) in [5.74, 6) is 1.66. The predicted octanol–water partition coefficient (Wildman–Crippen LogP) is 1.91. The molecule has 1 aliphatic heterocycles. The molecule has 19 heavy (non-hydrogen) atoms. The summed E-state index contributed by atoms with van der Waals surface area (Å²) < 4.78 is 13.0. The van der Waals surface area contributed by atoms with Crippen LogP contribution in [0.15, 0.2) is 16.6 Å². The number of halogens is 1. The van der Waals surface area contributed by atoms with E-state index >= 15 is 0 Å². The summed E-state index contributed by atoms with van der Waals surface area (Å²) in [6, 6.07) is 3.40. The Labute approximate surface area is 117 Å². The lowest BCUT2D eigenvalue weighted by atomic mass is 10.1. The summed E-state index contributed by atoms with van der Waals surface area (Å²) in [6.45, 7) is 0.939. The topological polar surface area (TPSA) is 82.5 Å². The first-order valence-corrected chi connectivity index (χ1v) is 6.48. The Balaban J connectivity index is 2.19. The fraction of sp³-hybridized carbons (Fsp3) is 0.250. The molecule has 0 atom stereocenters. The van der Waals surface area contributed by atoms with Gasteiger partial charge in [-0.3, -0.25) is 4.68 Å². The first-order chi connectivity index (χ1) is 9.08. The molecule has 1 aliphatic rings. The van der Waals surface area contributed by atoms with E-state index in [-0.39, 0.29) is 5.75 Å². The fourth-order valence-electron chi connectivity index (χ4n) is 1.94. The van der Waals surface area contributed by atoms with Crippen LogP contribution in [0.25, 0.3) is 11.3 Å². The van der Waals surface area contributed by atoms with Crippen molar-refractivity contribution in [2.24, 2.45) is 7.05 Å². The Hall–Kier alpha value is -1.89. The van der Waals surface area contributed by atoms with Gasteiger partial charge in [0.25, 0.3) is 0 Å². The van der Waals surface area contributed by atoms with Crippen molar-refractivity contribution in [3.05, 3.63) is 16.6 Å². The normalized spacial score (nSPS) is 13.6. The SMILES string of the molecule is Cn1nc(-c2cc3c(c(Br)c2O)OCCO3)cc1N. The molecule has 0 spiro atoms. The fourth-order valence-corrected chi connectivity index (χ4v) is 2.47. The summed E-state index contributed by atoms with van der Waals surface area (Å²) in [4.78, 5) is 0. The van der Waals surface area contributed by atoms with Gasteiger partial charge in [-0.2, -0.15) is 5.10 Å². The van der Waals surface area contributed by atoms with Gasteiger partial charge in [0.15, 0.2) is 11.5 Å². The van der Waals surface area contributed by atoms with Crippen LogP contribution in [0.2, 0.25) is 0 Å². The van der Waals surface area contributed by atoms with Crippen LogP contribution in [0.4, 0.5) is 5.82 Å². The lowest BCUT2D eigenvalue weighted by Crippen LogP contribution is -2.15. The van der Waals surface area contributed by atoms with Crippen molar-refractivity contribution in [2.45, 2.75) is 0 Å². The molecular formula is C12H12BrN3O3. The largest absolute Gasteiger partial charge is 0.506 e. The molecule has 0 fully saturated rings. The molecule has 0 unspecified atom stereocenters. The highest BCUT2D eigenvalue weighted by molar-refractivity contribution is 9.10. The number of hydrogen-bond donors (Lipinski definition) is 2.